The lowest BCUT2D eigenvalue weighted by Crippen LogP contribution is -2.43. The average molecular weight is 1080 g/mol. The highest BCUT2D eigenvalue weighted by molar-refractivity contribution is 5.78. The maximum atomic E-state index is 11.4. The summed E-state index contributed by atoms with van der Waals surface area (Å²) in [5.41, 5.74) is 39.8. The summed E-state index contributed by atoms with van der Waals surface area (Å²) in [7, 11) is 0. The van der Waals surface area contributed by atoms with Crippen molar-refractivity contribution in [3.8, 4) is 0 Å². The molecule has 454 valence electrons. The number of nitrogens with two attached hydrogens (primary N) is 7. The predicted octanol–water partition coefficient (Wildman–Crippen LogP) is 4.17. The van der Waals surface area contributed by atoms with Crippen molar-refractivity contribution >= 4 is 11.8 Å². The lowest BCUT2D eigenvalue weighted by atomic mass is 10.1. The van der Waals surface area contributed by atoms with E-state index in [9.17, 15) is 9.59 Å². The minimum Gasteiger partial charge on any atom is -0.481 e. The summed E-state index contributed by atoms with van der Waals surface area (Å²) in [4.78, 5) is 32.0. The van der Waals surface area contributed by atoms with Crippen molar-refractivity contribution < 1.29 is 14.7 Å². The normalized spacial score (nSPS) is 11.7. The van der Waals surface area contributed by atoms with Crippen molar-refractivity contribution in [1.29, 1.82) is 0 Å². The first-order valence-corrected chi connectivity index (χ1v) is 30.9. The number of unbranched alkanes of at least 4 members (excludes halogenated alkanes) is 8. The van der Waals surface area contributed by atoms with Gasteiger partial charge in [-0.25, -0.2) is 0 Å². The average Bonchev–Trinajstić information content (AvgIpc) is 3.41. The first kappa shape index (κ1) is 80.0. The standard InChI is InChI=1S/C32H78N12.C13H25NO3.C7H17N.C5H13N/c33-11-4-2-1-3-5-21-44(31-29-42(23-7-13-35)24-8-14-36)32-30-43(28-20-40-19-15-37)26-10-18-39-17-9-25-41(27-16-38)22-6-12-34;1-2-3-10-14-11-6-8-12(15)7-4-5-9-13(16)17;1-3-5-6-7-8-4-2;1-3-5(2)4-6/h39-40H,1-38H2;14H,2-11H2,1H3,(H,16,17);8H,3-7H2,1-2H3;5H,3-4,6H2,1-2H3. The van der Waals surface area contributed by atoms with E-state index in [1.165, 1.54) is 70.8 Å². The summed E-state index contributed by atoms with van der Waals surface area (Å²) in [6.45, 7) is 37.2. The summed E-state index contributed by atoms with van der Waals surface area (Å²) in [6.07, 6.45) is 22.8. The van der Waals surface area contributed by atoms with Crippen LogP contribution in [0.5, 0.6) is 0 Å². The van der Waals surface area contributed by atoms with E-state index in [-0.39, 0.29) is 12.2 Å². The minimum atomic E-state index is -0.780. The smallest absolute Gasteiger partial charge is 0.303 e. The van der Waals surface area contributed by atoms with Gasteiger partial charge in [0.05, 0.1) is 0 Å². The highest BCUT2D eigenvalue weighted by atomic mass is 16.4. The van der Waals surface area contributed by atoms with Crippen molar-refractivity contribution in [3.05, 3.63) is 0 Å². The molecule has 0 aromatic heterocycles. The van der Waals surface area contributed by atoms with E-state index < -0.39 is 5.97 Å². The quantitative estimate of drug-likeness (QED) is 0.0381. The Hall–Kier alpha value is -1.46. The zero-order chi connectivity index (χ0) is 56.5. The van der Waals surface area contributed by atoms with Gasteiger partial charge in [0.2, 0.25) is 0 Å². The largest absolute Gasteiger partial charge is 0.481 e. The molecule has 0 aromatic rings. The second-order valence-corrected chi connectivity index (χ2v) is 20.3. The van der Waals surface area contributed by atoms with Gasteiger partial charge in [-0.15, -0.1) is 0 Å². The number of carbonyl (C=O) groups is 2. The maximum absolute atomic E-state index is 11.4. The van der Waals surface area contributed by atoms with E-state index in [1.807, 2.05) is 0 Å². The summed E-state index contributed by atoms with van der Waals surface area (Å²) in [5, 5.41) is 22.2. The third-order valence-corrected chi connectivity index (χ3v) is 13.1. The Morgan fingerprint density at radius 1 is 0.373 bits per heavy atom. The summed E-state index contributed by atoms with van der Waals surface area (Å²) in [6, 6.07) is 0. The zero-order valence-electron chi connectivity index (χ0n) is 50.3. The fraction of sp³-hybridized carbons (Fsp3) is 0.965. The summed E-state index contributed by atoms with van der Waals surface area (Å²) in [5.74, 6) is 0.190. The lowest BCUT2D eigenvalue weighted by Gasteiger charge is -2.30. The number of nitrogens with one attached hydrogen (secondary N) is 4. The molecule has 0 bridgehead atoms. The molecular formula is C57H133N15O3. The van der Waals surface area contributed by atoms with Crippen LogP contribution in [0.25, 0.3) is 0 Å². The molecule has 0 saturated heterocycles. The molecule has 0 aliphatic heterocycles. The molecule has 0 aliphatic rings. The van der Waals surface area contributed by atoms with Crippen LogP contribution in [0.1, 0.15) is 176 Å². The van der Waals surface area contributed by atoms with Crippen molar-refractivity contribution in [2.24, 2.45) is 46.1 Å². The molecule has 75 heavy (non-hydrogen) atoms. The SMILES string of the molecule is CCC(C)CN.CCCCCNCC.CCCCNCCCC(=O)CCCCC(=O)O.NCCCCCCCN(CCN(CCCN)CCCN)CCN(CCCNCCCN(CCN)CCCN)CCNCCN. The van der Waals surface area contributed by atoms with Crippen molar-refractivity contribution in [3.63, 3.8) is 0 Å². The van der Waals surface area contributed by atoms with Gasteiger partial charge in [-0.05, 0) is 194 Å². The number of aliphatic carboxylic acids is 1. The Kier molecular flexibility index (Phi) is 75.3. The van der Waals surface area contributed by atoms with E-state index >= 15 is 0 Å². The molecule has 0 fully saturated rings. The maximum Gasteiger partial charge on any atom is 0.303 e. The first-order valence-electron chi connectivity index (χ1n) is 30.9. The molecule has 0 rings (SSSR count). The Bertz CT molecular complexity index is 1060. The van der Waals surface area contributed by atoms with E-state index in [4.69, 9.17) is 45.2 Å². The number of Topliss-reactive ketones (excluding diaryl/α,β-unsaturated/α-hetero) is 1. The lowest BCUT2D eigenvalue weighted by molar-refractivity contribution is -0.137. The highest BCUT2D eigenvalue weighted by Crippen LogP contribution is 2.07. The molecule has 0 saturated carbocycles. The van der Waals surface area contributed by atoms with Crippen LogP contribution in [0, 0.1) is 5.92 Å². The fourth-order valence-corrected chi connectivity index (χ4v) is 7.89. The molecule has 1 unspecified atom stereocenters. The van der Waals surface area contributed by atoms with Gasteiger partial charge in [0.15, 0.2) is 0 Å². The van der Waals surface area contributed by atoms with Crippen LogP contribution in [-0.2, 0) is 9.59 Å². The molecular weight excluding hydrogens is 943 g/mol. The molecule has 1 atom stereocenters. The molecule has 18 nitrogen and oxygen atoms in total. The van der Waals surface area contributed by atoms with Crippen LogP contribution < -0.4 is 61.4 Å². The van der Waals surface area contributed by atoms with E-state index in [0.29, 0.717) is 44.7 Å². The molecule has 18 heteroatoms. The van der Waals surface area contributed by atoms with Crippen LogP contribution in [0.2, 0.25) is 0 Å². The van der Waals surface area contributed by atoms with E-state index in [2.05, 4.69) is 75.5 Å². The Labute approximate surface area is 464 Å². The number of ketones is 1. The number of hydrogen-bond acceptors (Lipinski definition) is 17. The second kappa shape index (κ2) is 70.6. The van der Waals surface area contributed by atoms with Crippen LogP contribution in [0.3, 0.4) is 0 Å². The number of rotatable bonds is 56. The van der Waals surface area contributed by atoms with Crippen LogP contribution >= 0.6 is 0 Å². The first-order chi connectivity index (χ1) is 36.5. The number of carbonyl (C=O) groups excluding carboxylic acids is 1. The van der Waals surface area contributed by atoms with Crippen LogP contribution in [0.4, 0.5) is 0 Å². The number of hydrogen-bond donors (Lipinski definition) is 12. The van der Waals surface area contributed by atoms with Crippen LogP contribution in [-0.4, -0.2) is 213 Å². The monoisotopic (exact) mass is 1080 g/mol. The van der Waals surface area contributed by atoms with Gasteiger partial charge in [0.25, 0.3) is 0 Å². The molecule has 0 aliphatic carbocycles. The summed E-state index contributed by atoms with van der Waals surface area (Å²) >= 11 is 0. The molecule has 0 radical (unpaired) electrons. The minimum absolute atomic E-state index is 0.172. The highest BCUT2D eigenvalue weighted by Gasteiger charge is 2.13. The Balaban J connectivity index is -0.000000653. The van der Waals surface area contributed by atoms with E-state index in [1.54, 1.807) is 0 Å². The summed E-state index contributed by atoms with van der Waals surface area (Å²) < 4.78 is 0. The van der Waals surface area contributed by atoms with Gasteiger partial charge in [-0.1, -0.05) is 79.6 Å². The molecule has 19 N–H and O–H groups in total. The third kappa shape index (κ3) is 70.5. The molecule has 0 amide bonds. The van der Waals surface area contributed by atoms with Gasteiger partial charge in [-0.3, -0.25) is 9.59 Å². The second-order valence-electron chi connectivity index (χ2n) is 20.3. The van der Waals surface area contributed by atoms with Gasteiger partial charge >= 0.3 is 5.97 Å². The predicted molar refractivity (Wildman–Crippen MR) is 327 cm³/mol. The van der Waals surface area contributed by atoms with Crippen molar-refractivity contribution in [2.45, 2.75) is 176 Å². The Morgan fingerprint density at radius 3 is 1.28 bits per heavy atom. The fourth-order valence-electron chi connectivity index (χ4n) is 7.89. The van der Waals surface area contributed by atoms with Gasteiger partial charge in [0, 0.05) is 84.7 Å². The number of carboxylic acids is 1. The van der Waals surface area contributed by atoms with Crippen molar-refractivity contribution in [2.75, 3.05) is 177 Å². The van der Waals surface area contributed by atoms with Gasteiger partial charge in [0.1, 0.15) is 5.78 Å². The Morgan fingerprint density at radius 2 is 0.800 bits per heavy atom. The topological polar surface area (TPSA) is 298 Å². The third-order valence-electron chi connectivity index (χ3n) is 13.1. The molecule has 0 spiro atoms. The van der Waals surface area contributed by atoms with Crippen LogP contribution in [0.15, 0.2) is 0 Å². The van der Waals surface area contributed by atoms with Gasteiger partial charge in [-0.2, -0.15) is 0 Å². The van der Waals surface area contributed by atoms with Crippen molar-refractivity contribution in [1.82, 2.24) is 40.9 Å². The molecule has 0 heterocycles. The van der Waals surface area contributed by atoms with E-state index in [0.717, 1.165) is 202 Å². The van der Waals surface area contributed by atoms with Gasteiger partial charge < -0.3 is 86.1 Å². The number of nitrogens with zero attached hydrogens (tertiary/aromatic N) is 4. The number of carboxylic acid groups (broad SMARTS) is 1. The molecule has 0 aromatic carbocycles. The zero-order valence-corrected chi connectivity index (χ0v) is 50.3.